The van der Waals surface area contributed by atoms with Crippen LogP contribution in [0.2, 0.25) is 0 Å². The van der Waals surface area contributed by atoms with Gasteiger partial charge in [-0.2, -0.15) is 0 Å². The summed E-state index contributed by atoms with van der Waals surface area (Å²) in [4.78, 5) is 9.99. The van der Waals surface area contributed by atoms with E-state index in [-0.39, 0.29) is 0 Å². The van der Waals surface area contributed by atoms with Gasteiger partial charge in [-0.05, 0) is 80.8 Å². The SMILES string of the molecule is CCCCCCCCCC=Cc1ccc(N=C(C)C(CCCC)=Nc2ccc(C=CCCCCCCCCC)cc2)cc1. The Morgan fingerprint density at radius 3 is 1.33 bits per heavy atom. The van der Waals surface area contributed by atoms with Crippen molar-refractivity contribution in [1.82, 2.24) is 0 Å². The minimum absolute atomic E-state index is 0.950. The Kier molecular flexibility index (Phi) is 20.9. The van der Waals surface area contributed by atoms with Gasteiger partial charge in [0.15, 0.2) is 0 Å². The van der Waals surface area contributed by atoms with Crippen LogP contribution in [0, 0.1) is 0 Å². The van der Waals surface area contributed by atoms with Gasteiger partial charge in [-0.15, -0.1) is 0 Å². The normalized spacial score (nSPS) is 12.7. The van der Waals surface area contributed by atoms with E-state index in [1.165, 1.54) is 114 Å². The van der Waals surface area contributed by atoms with Gasteiger partial charge in [0, 0.05) is 0 Å². The van der Waals surface area contributed by atoms with Gasteiger partial charge < -0.3 is 0 Å². The van der Waals surface area contributed by atoms with E-state index in [0.29, 0.717) is 0 Å². The highest BCUT2D eigenvalue weighted by Crippen LogP contribution is 2.20. The second kappa shape index (κ2) is 24.7. The number of allylic oxidation sites excluding steroid dienone is 2. The highest BCUT2D eigenvalue weighted by Gasteiger charge is 2.06. The molecule has 0 aromatic heterocycles. The standard InChI is InChI=1S/C41H62N2/c1-5-8-11-13-15-17-19-21-23-25-37-28-32-39(33-29-37)42-36(4)41(27-10-7-3)43-40-34-30-38(31-35-40)26-24-22-20-18-16-14-12-9-6-2/h23-26,28-35H,5-22,27H2,1-4H3. The molecular formula is C41H62N2. The molecule has 43 heavy (non-hydrogen) atoms. The summed E-state index contributed by atoms with van der Waals surface area (Å²) in [5.41, 5.74) is 6.59. The summed E-state index contributed by atoms with van der Waals surface area (Å²) in [5, 5.41) is 0. The molecule has 0 aliphatic carbocycles. The van der Waals surface area contributed by atoms with Crippen LogP contribution in [-0.4, -0.2) is 11.4 Å². The summed E-state index contributed by atoms with van der Waals surface area (Å²) >= 11 is 0. The first-order valence-corrected chi connectivity index (χ1v) is 17.8. The van der Waals surface area contributed by atoms with Gasteiger partial charge >= 0.3 is 0 Å². The Balaban J connectivity index is 1.87. The molecule has 0 fully saturated rings. The van der Waals surface area contributed by atoms with Crippen molar-refractivity contribution in [2.75, 3.05) is 0 Å². The Hall–Kier alpha value is -2.74. The first kappa shape index (κ1) is 36.5. The Bertz CT molecular complexity index is 1070. The molecule has 0 radical (unpaired) electrons. The molecule has 2 nitrogen and oxygen atoms in total. The number of aliphatic imine (C=N–C) groups is 2. The van der Waals surface area contributed by atoms with Crippen LogP contribution in [0.15, 0.2) is 70.7 Å². The lowest BCUT2D eigenvalue weighted by atomic mass is 10.1. The minimum atomic E-state index is 0.950. The van der Waals surface area contributed by atoms with E-state index in [1.54, 1.807) is 0 Å². The Morgan fingerprint density at radius 1 is 0.488 bits per heavy atom. The van der Waals surface area contributed by atoms with Gasteiger partial charge in [0.2, 0.25) is 0 Å². The van der Waals surface area contributed by atoms with Crippen molar-refractivity contribution in [1.29, 1.82) is 0 Å². The Labute approximate surface area is 265 Å². The fourth-order valence-corrected chi connectivity index (χ4v) is 5.27. The first-order valence-electron chi connectivity index (χ1n) is 17.8. The molecule has 2 heteroatoms. The third kappa shape index (κ3) is 17.8. The molecule has 0 aliphatic rings. The number of benzene rings is 2. The highest BCUT2D eigenvalue weighted by molar-refractivity contribution is 6.42. The molecule has 0 heterocycles. The summed E-state index contributed by atoms with van der Waals surface area (Å²) < 4.78 is 0. The number of nitrogens with zero attached hydrogens (tertiary/aromatic N) is 2. The molecule has 2 aromatic carbocycles. The summed E-state index contributed by atoms with van der Waals surface area (Å²) in [7, 11) is 0. The number of rotatable bonds is 24. The van der Waals surface area contributed by atoms with Gasteiger partial charge in [-0.25, -0.2) is 0 Å². The van der Waals surface area contributed by atoms with Crippen molar-refractivity contribution < 1.29 is 0 Å². The van der Waals surface area contributed by atoms with Gasteiger partial charge in [0.1, 0.15) is 0 Å². The quantitative estimate of drug-likeness (QED) is 0.0868. The van der Waals surface area contributed by atoms with E-state index >= 15 is 0 Å². The molecule has 0 bridgehead atoms. The smallest absolute Gasteiger partial charge is 0.0634 e. The maximum Gasteiger partial charge on any atom is 0.0634 e. The van der Waals surface area contributed by atoms with E-state index < -0.39 is 0 Å². The average molecular weight is 583 g/mol. The third-order valence-corrected chi connectivity index (χ3v) is 8.10. The van der Waals surface area contributed by atoms with Crippen LogP contribution in [0.5, 0.6) is 0 Å². The summed E-state index contributed by atoms with van der Waals surface area (Å²) in [5.74, 6) is 0. The maximum atomic E-state index is 5.04. The molecule has 0 amide bonds. The van der Waals surface area contributed by atoms with Crippen molar-refractivity contribution in [2.24, 2.45) is 9.98 Å². The van der Waals surface area contributed by atoms with Crippen molar-refractivity contribution in [2.45, 2.75) is 150 Å². The van der Waals surface area contributed by atoms with Crippen LogP contribution in [0.25, 0.3) is 12.2 Å². The number of hydrogen-bond donors (Lipinski definition) is 0. The van der Waals surface area contributed by atoms with E-state index in [0.717, 1.165) is 42.1 Å². The minimum Gasteiger partial charge on any atom is -0.252 e. The molecule has 0 N–H and O–H groups in total. The summed E-state index contributed by atoms with van der Waals surface area (Å²) in [6.45, 7) is 8.89. The number of hydrogen-bond acceptors (Lipinski definition) is 2. The molecule has 0 unspecified atom stereocenters. The number of unbranched alkanes of at least 4 members (excludes halogenated alkanes) is 15. The molecule has 2 aromatic rings. The molecule has 0 aliphatic heterocycles. The van der Waals surface area contributed by atoms with Crippen LogP contribution >= 0.6 is 0 Å². The van der Waals surface area contributed by atoms with Gasteiger partial charge in [-0.3, -0.25) is 9.98 Å². The third-order valence-electron chi connectivity index (χ3n) is 8.10. The van der Waals surface area contributed by atoms with Crippen LogP contribution in [0.4, 0.5) is 11.4 Å². The lowest BCUT2D eigenvalue weighted by molar-refractivity contribution is 0.592. The van der Waals surface area contributed by atoms with E-state index in [4.69, 9.17) is 9.98 Å². The molecular weight excluding hydrogens is 520 g/mol. The zero-order valence-electron chi connectivity index (χ0n) is 28.3. The molecule has 0 atom stereocenters. The zero-order chi connectivity index (χ0) is 30.8. The van der Waals surface area contributed by atoms with E-state index in [2.05, 4.69) is 101 Å². The summed E-state index contributed by atoms with van der Waals surface area (Å²) in [6, 6.07) is 17.3. The molecule has 0 saturated heterocycles. The Morgan fingerprint density at radius 2 is 0.884 bits per heavy atom. The van der Waals surface area contributed by atoms with Crippen LogP contribution in [-0.2, 0) is 0 Å². The largest absolute Gasteiger partial charge is 0.252 e. The predicted molar refractivity (Wildman–Crippen MR) is 196 cm³/mol. The van der Waals surface area contributed by atoms with Gasteiger partial charge in [-0.1, -0.05) is 153 Å². The van der Waals surface area contributed by atoms with E-state index in [9.17, 15) is 0 Å². The van der Waals surface area contributed by atoms with Crippen LogP contribution in [0.3, 0.4) is 0 Å². The van der Waals surface area contributed by atoms with Crippen LogP contribution in [0.1, 0.15) is 161 Å². The fraction of sp³-hybridized carbons (Fsp3) is 0.561. The fourth-order valence-electron chi connectivity index (χ4n) is 5.27. The maximum absolute atomic E-state index is 5.04. The zero-order valence-corrected chi connectivity index (χ0v) is 28.3. The highest BCUT2D eigenvalue weighted by atomic mass is 14.8. The molecule has 0 spiro atoms. The average Bonchev–Trinajstić information content (AvgIpc) is 3.03. The van der Waals surface area contributed by atoms with Gasteiger partial charge in [0.25, 0.3) is 0 Å². The monoisotopic (exact) mass is 582 g/mol. The molecule has 236 valence electrons. The van der Waals surface area contributed by atoms with E-state index in [1.807, 2.05) is 0 Å². The second-order valence-electron chi connectivity index (χ2n) is 12.2. The predicted octanol–water partition coefficient (Wildman–Crippen LogP) is 14.0. The van der Waals surface area contributed by atoms with Crippen molar-refractivity contribution in [3.63, 3.8) is 0 Å². The molecule has 2 rings (SSSR count). The molecule has 0 saturated carbocycles. The summed E-state index contributed by atoms with van der Waals surface area (Å²) in [6.07, 6.45) is 33.8. The van der Waals surface area contributed by atoms with Crippen molar-refractivity contribution in [3.8, 4) is 0 Å². The van der Waals surface area contributed by atoms with Crippen molar-refractivity contribution in [3.05, 3.63) is 71.8 Å². The lowest BCUT2D eigenvalue weighted by Gasteiger charge is -2.07. The topological polar surface area (TPSA) is 24.7 Å². The van der Waals surface area contributed by atoms with Gasteiger partial charge in [0.05, 0.1) is 22.8 Å². The lowest BCUT2D eigenvalue weighted by Crippen LogP contribution is -2.10. The first-order chi connectivity index (χ1) is 21.2. The van der Waals surface area contributed by atoms with Crippen LogP contribution < -0.4 is 0 Å². The van der Waals surface area contributed by atoms with Crippen molar-refractivity contribution >= 4 is 35.0 Å². The second-order valence-corrected chi connectivity index (χ2v) is 12.2.